The van der Waals surface area contributed by atoms with E-state index in [2.05, 4.69) is 0 Å². The fourth-order valence-electron chi connectivity index (χ4n) is 0.447. The second kappa shape index (κ2) is 5.98. The van der Waals surface area contributed by atoms with E-state index in [0.29, 0.717) is 19.6 Å². The van der Waals surface area contributed by atoms with E-state index in [0.717, 1.165) is 0 Å². The van der Waals surface area contributed by atoms with Crippen molar-refractivity contribution in [3.05, 3.63) is 0 Å². The summed E-state index contributed by atoms with van der Waals surface area (Å²) in [6.45, 7) is 2.47. The molecule has 1 N–H and O–H groups in total. The zero-order chi connectivity index (χ0) is 7.11. The number of ether oxygens (including phenoxy) is 1. The largest absolute Gasteiger partial charge is 0.393 e. The second-order valence-electron chi connectivity index (χ2n) is 1.77. The molecular formula is C6H13FO2. The Hall–Kier alpha value is -0.150. The zero-order valence-corrected chi connectivity index (χ0v) is 5.64. The van der Waals surface area contributed by atoms with Crippen LogP contribution in [0.25, 0.3) is 0 Å². The summed E-state index contributed by atoms with van der Waals surface area (Å²) in [4.78, 5) is 0. The molecular weight excluding hydrogens is 123 g/mol. The third-order valence-electron chi connectivity index (χ3n) is 0.978. The van der Waals surface area contributed by atoms with E-state index in [1.54, 1.807) is 0 Å². The summed E-state index contributed by atoms with van der Waals surface area (Å²) < 4.78 is 17.0. The van der Waals surface area contributed by atoms with Crippen LogP contribution in [0.5, 0.6) is 0 Å². The quantitative estimate of drug-likeness (QED) is 0.565. The summed E-state index contributed by atoms with van der Waals surface area (Å²) in [6, 6.07) is 0. The first kappa shape index (κ1) is 8.85. The minimum atomic E-state index is -1.11. The highest BCUT2D eigenvalue weighted by Gasteiger charge is 2.01. The monoisotopic (exact) mass is 136 g/mol. The van der Waals surface area contributed by atoms with Crippen LogP contribution in [0, 0.1) is 0 Å². The van der Waals surface area contributed by atoms with E-state index < -0.39 is 12.8 Å². The lowest BCUT2D eigenvalue weighted by Gasteiger charge is -2.02. The molecule has 1 atom stereocenters. The van der Waals surface area contributed by atoms with Gasteiger partial charge in [0.05, 0.1) is 6.61 Å². The molecule has 0 unspecified atom stereocenters. The van der Waals surface area contributed by atoms with Crippen LogP contribution in [-0.2, 0) is 4.74 Å². The van der Waals surface area contributed by atoms with Gasteiger partial charge in [-0.1, -0.05) is 0 Å². The Morgan fingerprint density at radius 2 is 2.33 bits per heavy atom. The van der Waals surface area contributed by atoms with Gasteiger partial charge in [-0.25, -0.2) is 4.39 Å². The Morgan fingerprint density at radius 1 is 1.67 bits per heavy atom. The maximum absolute atomic E-state index is 12.1. The maximum Gasteiger partial charge on any atom is 0.125 e. The van der Waals surface area contributed by atoms with Crippen molar-refractivity contribution in [1.82, 2.24) is 0 Å². The maximum atomic E-state index is 12.1. The predicted octanol–water partition coefficient (Wildman–Crippen LogP) is 0.743. The minimum Gasteiger partial charge on any atom is -0.393 e. The number of alkyl halides is 1. The molecule has 0 saturated heterocycles. The van der Waals surface area contributed by atoms with Crippen LogP contribution in [-0.4, -0.2) is 31.1 Å². The van der Waals surface area contributed by atoms with Crippen LogP contribution in [0.2, 0.25) is 0 Å². The van der Waals surface area contributed by atoms with Crippen molar-refractivity contribution in [1.29, 1.82) is 0 Å². The third-order valence-corrected chi connectivity index (χ3v) is 0.978. The van der Waals surface area contributed by atoms with Gasteiger partial charge in [0.15, 0.2) is 0 Å². The first-order valence-corrected chi connectivity index (χ1v) is 3.14. The first-order valence-electron chi connectivity index (χ1n) is 3.14. The van der Waals surface area contributed by atoms with E-state index >= 15 is 0 Å². The van der Waals surface area contributed by atoms with Gasteiger partial charge in [-0.2, -0.15) is 0 Å². The molecule has 0 aliphatic heterocycles. The molecule has 3 heteroatoms. The highest BCUT2D eigenvalue weighted by molar-refractivity contribution is 4.50. The highest BCUT2D eigenvalue weighted by atomic mass is 19.1. The molecule has 0 aromatic heterocycles. The molecule has 0 bridgehead atoms. The average molecular weight is 136 g/mol. The standard InChI is InChI=1S/C6H13FO2/c1-2-9-4-3-6(7)5-8/h6,8H,2-5H2,1H3/t6-/m0/s1. The van der Waals surface area contributed by atoms with Crippen LogP contribution in [0.1, 0.15) is 13.3 Å². The molecule has 9 heavy (non-hydrogen) atoms. The molecule has 0 saturated carbocycles. The molecule has 0 aromatic rings. The van der Waals surface area contributed by atoms with Gasteiger partial charge in [0, 0.05) is 19.6 Å². The Morgan fingerprint density at radius 3 is 2.78 bits per heavy atom. The van der Waals surface area contributed by atoms with Crippen molar-refractivity contribution in [2.24, 2.45) is 0 Å². The second-order valence-corrected chi connectivity index (χ2v) is 1.77. The van der Waals surface area contributed by atoms with Crippen LogP contribution >= 0.6 is 0 Å². The summed E-state index contributed by atoms with van der Waals surface area (Å²) >= 11 is 0. The molecule has 56 valence electrons. The van der Waals surface area contributed by atoms with E-state index in [1.165, 1.54) is 0 Å². The Balaban J connectivity index is 2.88. The first-order chi connectivity index (χ1) is 4.31. The summed E-state index contributed by atoms with van der Waals surface area (Å²) in [5.74, 6) is 0. The molecule has 0 heterocycles. The van der Waals surface area contributed by atoms with Crippen molar-refractivity contribution in [2.75, 3.05) is 19.8 Å². The van der Waals surface area contributed by atoms with Crippen molar-refractivity contribution >= 4 is 0 Å². The highest BCUT2D eigenvalue weighted by Crippen LogP contribution is 1.95. The van der Waals surface area contributed by atoms with Gasteiger partial charge >= 0.3 is 0 Å². The molecule has 0 aliphatic carbocycles. The van der Waals surface area contributed by atoms with Gasteiger partial charge in [0.25, 0.3) is 0 Å². The number of halogens is 1. The normalized spacial score (nSPS) is 13.7. The summed E-state index contributed by atoms with van der Waals surface area (Å²) in [5.41, 5.74) is 0. The van der Waals surface area contributed by atoms with Crippen molar-refractivity contribution in [3.8, 4) is 0 Å². The molecule has 0 radical (unpaired) electrons. The van der Waals surface area contributed by atoms with Crippen LogP contribution in [0.4, 0.5) is 4.39 Å². The Bertz CT molecular complexity index is 59.0. The van der Waals surface area contributed by atoms with Crippen LogP contribution < -0.4 is 0 Å². The molecule has 0 aromatic carbocycles. The molecule has 0 amide bonds. The van der Waals surface area contributed by atoms with E-state index in [9.17, 15) is 4.39 Å². The minimum absolute atomic E-state index is 0.296. The van der Waals surface area contributed by atoms with Crippen molar-refractivity contribution < 1.29 is 14.2 Å². The van der Waals surface area contributed by atoms with Gasteiger partial charge in [0.2, 0.25) is 0 Å². The van der Waals surface area contributed by atoms with Gasteiger partial charge in [-0.05, 0) is 6.92 Å². The smallest absolute Gasteiger partial charge is 0.125 e. The number of hydrogen-bond acceptors (Lipinski definition) is 2. The Labute approximate surface area is 54.6 Å². The third kappa shape index (κ3) is 5.73. The number of aliphatic hydroxyl groups excluding tert-OH is 1. The van der Waals surface area contributed by atoms with E-state index in [-0.39, 0.29) is 0 Å². The molecule has 2 nitrogen and oxygen atoms in total. The predicted molar refractivity (Wildman–Crippen MR) is 33.1 cm³/mol. The lowest BCUT2D eigenvalue weighted by molar-refractivity contribution is 0.0987. The van der Waals surface area contributed by atoms with Crippen molar-refractivity contribution in [2.45, 2.75) is 19.5 Å². The zero-order valence-electron chi connectivity index (χ0n) is 5.64. The number of rotatable bonds is 5. The summed E-state index contributed by atoms with van der Waals surface area (Å²) in [6.07, 6.45) is -0.818. The lowest BCUT2D eigenvalue weighted by atomic mass is 10.3. The average Bonchev–Trinajstić information content (AvgIpc) is 1.89. The van der Waals surface area contributed by atoms with Crippen molar-refractivity contribution in [3.63, 3.8) is 0 Å². The van der Waals surface area contributed by atoms with Gasteiger partial charge in [0.1, 0.15) is 6.17 Å². The van der Waals surface area contributed by atoms with Crippen LogP contribution in [0.15, 0.2) is 0 Å². The molecule has 0 rings (SSSR count). The Kier molecular flexibility index (Phi) is 5.88. The van der Waals surface area contributed by atoms with Gasteiger partial charge in [-0.3, -0.25) is 0 Å². The van der Waals surface area contributed by atoms with Gasteiger partial charge in [-0.15, -0.1) is 0 Å². The molecule has 0 fully saturated rings. The fraction of sp³-hybridized carbons (Fsp3) is 1.00. The lowest BCUT2D eigenvalue weighted by Crippen LogP contribution is -2.09. The van der Waals surface area contributed by atoms with E-state index in [1.807, 2.05) is 6.92 Å². The molecule has 0 spiro atoms. The topological polar surface area (TPSA) is 29.5 Å². The summed E-state index contributed by atoms with van der Waals surface area (Å²) in [5, 5.41) is 8.20. The number of hydrogen-bond donors (Lipinski definition) is 1. The molecule has 0 aliphatic rings. The fourth-order valence-corrected chi connectivity index (χ4v) is 0.447. The number of aliphatic hydroxyl groups is 1. The van der Waals surface area contributed by atoms with Gasteiger partial charge < -0.3 is 9.84 Å². The summed E-state index contributed by atoms with van der Waals surface area (Å²) in [7, 11) is 0. The van der Waals surface area contributed by atoms with E-state index in [4.69, 9.17) is 9.84 Å². The van der Waals surface area contributed by atoms with Crippen LogP contribution in [0.3, 0.4) is 0 Å². The SMILES string of the molecule is CCOCC[C@H](F)CO.